The molecule has 2 aromatic rings. The largest absolute Gasteiger partial charge is 0.478 e. The molecule has 2 aromatic carbocycles. The van der Waals surface area contributed by atoms with Crippen LogP contribution >= 0.6 is 0 Å². The number of nitrogens with zero attached hydrogens (tertiary/aromatic N) is 1. The van der Waals surface area contributed by atoms with E-state index in [9.17, 15) is 4.79 Å². The quantitative estimate of drug-likeness (QED) is 0.851. The van der Waals surface area contributed by atoms with E-state index in [0.717, 1.165) is 23.1 Å². The second-order valence-corrected chi connectivity index (χ2v) is 4.74. The number of benzene rings is 2. The van der Waals surface area contributed by atoms with Crippen molar-refractivity contribution >= 4 is 17.7 Å². The normalized spacial score (nSPS) is 10.6. The Bertz CT molecular complexity index is 663. The van der Waals surface area contributed by atoms with Gasteiger partial charge in [0, 0.05) is 31.9 Å². The van der Waals surface area contributed by atoms with E-state index in [0.29, 0.717) is 5.75 Å². The van der Waals surface area contributed by atoms with Crippen LogP contribution in [0.3, 0.4) is 0 Å². The number of hydrogen-bond acceptors (Lipinski definition) is 3. The molecule has 0 fully saturated rings. The maximum Gasteiger partial charge on any atom is 0.328 e. The van der Waals surface area contributed by atoms with Crippen molar-refractivity contribution < 1.29 is 14.6 Å². The van der Waals surface area contributed by atoms with Gasteiger partial charge in [-0.2, -0.15) is 0 Å². The molecule has 2 rings (SSSR count). The van der Waals surface area contributed by atoms with Crippen molar-refractivity contribution in [2.45, 2.75) is 0 Å². The van der Waals surface area contributed by atoms with Gasteiger partial charge in [0.15, 0.2) is 0 Å². The number of carboxylic acid groups (broad SMARTS) is 1. The van der Waals surface area contributed by atoms with E-state index in [1.165, 1.54) is 6.08 Å². The van der Waals surface area contributed by atoms with Gasteiger partial charge in [-0.15, -0.1) is 0 Å². The van der Waals surface area contributed by atoms with Gasteiger partial charge in [0.1, 0.15) is 11.5 Å². The average molecular weight is 283 g/mol. The Morgan fingerprint density at radius 1 is 1.10 bits per heavy atom. The zero-order valence-corrected chi connectivity index (χ0v) is 12.0. The smallest absolute Gasteiger partial charge is 0.328 e. The van der Waals surface area contributed by atoms with E-state index < -0.39 is 5.97 Å². The van der Waals surface area contributed by atoms with Crippen LogP contribution in [0.4, 0.5) is 5.69 Å². The first-order chi connectivity index (χ1) is 10.0. The number of carboxylic acids is 1. The summed E-state index contributed by atoms with van der Waals surface area (Å²) in [4.78, 5) is 12.5. The van der Waals surface area contributed by atoms with Crippen molar-refractivity contribution in [3.63, 3.8) is 0 Å². The molecule has 0 aromatic heterocycles. The van der Waals surface area contributed by atoms with Gasteiger partial charge in [0.25, 0.3) is 0 Å². The lowest BCUT2D eigenvalue weighted by Gasteiger charge is -2.14. The van der Waals surface area contributed by atoms with E-state index in [1.54, 1.807) is 6.07 Å². The highest BCUT2D eigenvalue weighted by Gasteiger charge is 2.01. The van der Waals surface area contributed by atoms with Crippen LogP contribution in [0, 0.1) is 0 Å². The first-order valence-electron chi connectivity index (χ1n) is 6.51. The Hall–Kier alpha value is -2.75. The number of carbonyl (C=O) groups is 1. The summed E-state index contributed by atoms with van der Waals surface area (Å²) in [5.41, 5.74) is 1.83. The van der Waals surface area contributed by atoms with Crippen LogP contribution in [0.15, 0.2) is 54.6 Å². The second kappa shape index (κ2) is 6.61. The van der Waals surface area contributed by atoms with Crippen LogP contribution in [0.5, 0.6) is 11.5 Å². The zero-order chi connectivity index (χ0) is 15.2. The van der Waals surface area contributed by atoms with Crippen LogP contribution in [0.2, 0.25) is 0 Å². The minimum atomic E-state index is -0.972. The highest BCUT2D eigenvalue weighted by atomic mass is 16.5. The summed E-state index contributed by atoms with van der Waals surface area (Å²) < 4.78 is 5.81. The molecule has 108 valence electrons. The third-order valence-corrected chi connectivity index (χ3v) is 2.85. The monoisotopic (exact) mass is 283 g/mol. The zero-order valence-electron chi connectivity index (χ0n) is 12.0. The molecule has 1 N–H and O–H groups in total. The summed E-state index contributed by atoms with van der Waals surface area (Å²) in [6.07, 6.45) is 2.64. The number of ether oxygens (including phenoxy) is 1. The van der Waals surface area contributed by atoms with E-state index >= 15 is 0 Å². The standard InChI is InChI=1S/C17H17NO3/c1-18(2)14-6-4-8-16(12-14)21-15-7-3-5-13(11-15)9-10-17(19)20/h3-12H,1-2H3,(H,19,20). The highest BCUT2D eigenvalue weighted by molar-refractivity contribution is 5.85. The fraction of sp³-hybridized carbons (Fsp3) is 0.118. The molecule has 0 radical (unpaired) electrons. The summed E-state index contributed by atoms with van der Waals surface area (Å²) >= 11 is 0. The van der Waals surface area contributed by atoms with Gasteiger partial charge in [-0.25, -0.2) is 4.79 Å². The van der Waals surface area contributed by atoms with Crippen LogP contribution in [0.1, 0.15) is 5.56 Å². The topological polar surface area (TPSA) is 49.8 Å². The second-order valence-electron chi connectivity index (χ2n) is 4.74. The SMILES string of the molecule is CN(C)c1cccc(Oc2cccc(C=CC(=O)O)c2)c1. The molecular formula is C17H17NO3. The third-order valence-electron chi connectivity index (χ3n) is 2.85. The molecule has 0 bridgehead atoms. The lowest BCUT2D eigenvalue weighted by atomic mass is 10.2. The molecule has 0 aliphatic heterocycles. The van der Waals surface area contributed by atoms with Crippen molar-refractivity contribution in [1.82, 2.24) is 0 Å². The molecule has 4 nitrogen and oxygen atoms in total. The van der Waals surface area contributed by atoms with Crippen molar-refractivity contribution in [3.8, 4) is 11.5 Å². The number of anilines is 1. The van der Waals surface area contributed by atoms with Crippen molar-refractivity contribution in [3.05, 3.63) is 60.2 Å². The van der Waals surface area contributed by atoms with Crippen molar-refractivity contribution in [2.75, 3.05) is 19.0 Å². The number of rotatable bonds is 5. The molecular weight excluding hydrogens is 266 g/mol. The van der Waals surface area contributed by atoms with Crippen LogP contribution in [0.25, 0.3) is 6.08 Å². The maximum atomic E-state index is 10.5. The molecule has 0 aliphatic rings. The summed E-state index contributed by atoms with van der Waals surface area (Å²) in [7, 11) is 3.94. The number of aliphatic carboxylic acids is 1. The first-order valence-corrected chi connectivity index (χ1v) is 6.51. The van der Waals surface area contributed by atoms with E-state index in [4.69, 9.17) is 9.84 Å². The predicted octanol–water partition coefficient (Wildman–Crippen LogP) is 3.64. The summed E-state index contributed by atoms with van der Waals surface area (Å²) in [6, 6.07) is 15.0. The lowest BCUT2D eigenvalue weighted by molar-refractivity contribution is -0.131. The Balaban J connectivity index is 2.18. The third kappa shape index (κ3) is 4.38. The van der Waals surface area contributed by atoms with E-state index in [2.05, 4.69) is 0 Å². The first kappa shape index (κ1) is 14.7. The summed E-state index contributed by atoms with van der Waals surface area (Å²) in [5.74, 6) is 0.430. The Labute approximate surface area is 123 Å². The van der Waals surface area contributed by atoms with Gasteiger partial charge in [0.2, 0.25) is 0 Å². The minimum Gasteiger partial charge on any atom is -0.478 e. The van der Waals surface area contributed by atoms with Gasteiger partial charge in [0.05, 0.1) is 0 Å². The Morgan fingerprint density at radius 3 is 2.43 bits per heavy atom. The fourth-order valence-corrected chi connectivity index (χ4v) is 1.81. The molecule has 0 saturated carbocycles. The molecule has 0 heterocycles. The maximum absolute atomic E-state index is 10.5. The summed E-state index contributed by atoms with van der Waals surface area (Å²) in [5, 5.41) is 8.64. The Morgan fingerprint density at radius 2 is 1.76 bits per heavy atom. The Kier molecular flexibility index (Phi) is 4.61. The van der Waals surface area contributed by atoms with Gasteiger partial charge in [-0.05, 0) is 35.9 Å². The molecule has 0 atom stereocenters. The predicted molar refractivity (Wildman–Crippen MR) is 84.0 cm³/mol. The van der Waals surface area contributed by atoms with Gasteiger partial charge in [-0.3, -0.25) is 0 Å². The minimum absolute atomic E-state index is 0.665. The molecule has 4 heteroatoms. The summed E-state index contributed by atoms with van der Waals surface area (Å²) in [6.45, 7) is 0. The van der Waals surface area contributed by atoms with Crippen LogP contribution in [-0.4, -0.2) is 25.2 Å². The van der Waals surface area contributed by atoms with Crippen LogP contribution in [-0.2, 0) is 4.79 Å². The molecule has 0 spiro atoms. The number of hydrogen-bond donors (Lipinski definition) is 1. The molecule has 0 unspecified atom stereocenters. The molecule has 0 saturated heterocycles. The fourth-order valence-electron chi connectivity index (χ4n) is 1.81. The molecule has 0 aliphatic carbocycles. The van der Waals surface area contributed by atoms with Crippen molar-refractivity contribution in [1.29, 1.82) is 0 Å². The molecule has 21 heavy (non-hydrogen) atoms. The van der Waals surface area contributed by atoms with Gasteiger partial charge in [-0.1, -0.05) is 18.2 Å². The molecule has 0 amide bonds. The van der Waals surface area contributed by atoms with Gasteiger partial charge >= 0.3 is 5.97 Å². The van der Waals surface area contributed by atoms with Crippen molar-refractivity contribution in [2.24, 2.45) is 0 Å². The van der Waals surface area contributed by atoms with Crippen LogP contribution < -0.4 is 9.64 Å². The average Bonchev–Trinajstić information content (AvgIpc) is 2.46. The lowest BCUT2D eigenvalue weighted by Crippen LogP contribution is -2.08. The van der Waals surface area contributed by atoms with E-state index in [-0.39, 0.29) is 0 Å². The highest BCUT2D eigenvalue weighted by Crippen LogP contribution is 2.26. The van der Waals surface area contributed by atoms with E-state index in [1.807, 2.05) is 61.5 Å². The van der Waals surface area contributed by atoms with Gasteiger partial charge < -0.3 is 14.7 Å².